The number of nitrogens with one attached hydrogen (secondary N) is 1. The number of hydrogen-bond acceptors (Lipinski definition) is 3. The zero-order valence-electron chi connectivity index (χ0n) is 10.9. The van der Waals surface area contributed by atoms with E-state index in [1.807, 2.05) is 6.07 Å². The first-order valence-corrected chi connectivity index (χ1v) is 6.51. The molecule has 1 aliphatic rings. The standard InChI is InChI=1S/C14H20N2O2.ClH/c15-13-8-4-3-7-12(13)14(17)16-9-10-18-11-5-1-2-6-11;/h3-4,7-8,11H,1-2,5-6,9-10,15H2,(H,16,17);1H. The first-order valence-electron chi connectivity index (χ1n) is 6.51. The van der Waals surface area contributed by atoms with Gasteiger partial charge in [-0.25, -0.2) is 0 Å². The third-order valence-corrected chi connectivity index (χ3v) is 3.25. The van der Waals surface area contributed by atoms with Crippen LogP contribution in [0.25, 0.3) is 0 Å². The van der Waals surface area contributed by atoms with Gasteiger partial charge in [-0.15, -0.1) is 12.4 Å². The average molecular weight is 285 g/mol. The van der Waals surface area contributed by atoms with Gasteiger partial charge in [-0.1, -0.05) is 25.0 Å². The molecule has 0 unspecified atom stereocenters. The van der Waals surface area contributed by atoms with Gasteiger partial charge < -0.3 is 15.8 Å². The summed E-state index contributed by atoms with van der Waals surface area (Å²) in [5.74, 6) is -0.136. The normalized spacial score (nSPS) is 14.9. The predicted octanol–water partition coefficient (Wildman–Crippen LogP) is 2.38. The molecular formula is C14H21ClN2O2. The second-order valence-electron chi connectivity index (χ2n) is 4.62. The van der Waals surface area contributed by atoms with Crippen molar-refractivity contribution in [1.29, 1.82) is 0 Å². The number of amides is 1. The van der Waals surface area contributed by atoms with Gasteiger partial charge in [-0.3, -0.25) is 4.79 Å². The van der Waals surface area contributed by atoms with E-state index < -0.39 is 0 Å². The summed E-state index contributed by atoms with van der Waals surface area (Å²) in [6, 6.07) is 7.07. The van der Waals surface area contributed by atoms with Crippen molar-refractivity contribution >= 4 is 24.0 Å². The topological polar surface area (TPSA) is 64.4 Å². The summed E-state index contributed by atoms with van der Waals surface area (Å²) in [7, 11) is 0. The maximum absolute atomic E-state index is 11.8. The number of para-hydroxylation sites is 1. The molecule has 0 saturated heterocycles. The van der Waals surface area contributed by atoms with Gasteiger partial charge >= 0.3 is 0 Å². The Hall–Kier alpha value is -1.26. The number of nitrogen functional groups attached to an aromatic ring is 1. The molecule has 0 aromatic heterocycles. The fraction of sp³-hybridized carbons (Fsp3) is 0.500. The van der Waals surface area contributed by atoms with Crippen LogP contribution in [0.15, 0.2) is 24.3 Å². The monoisotopic (exact) mass is 284 g/mol. The summed E-state index contributed by atoms with van der Waals surface area (Å²) in [5, 5.41) is 2.82. The molecule has 106 valence electrons. The Morgan fingerprint density at radius 1 is 1.32 bits per heavy atom. The van der Waals surface area contributed by atoms with Gasteiger partial charge in [0.2, 0.25) is 0 Å². The van der Waals surface area contributed by atoms with Gasteiger partial charge in [0.25, 0.3) is 5.91 Å². The van der Waals surface area contributed by atoms with Gasteiger partial charge in [-0.05, 0) is 25.0 Å². The van der Waals surface area contributed by atoms with Crippen molar-refractivity contribution < 1.29 is 9.53 Å². The van der Waals surface area contributed by atoms with Gasteiger partial charge in [-0.2, -0.15) is 0 Å². The Morgan fingerprint density at radius 2 is 2.00 bits per heavy atom. The van der Waals surface area contributed by atoms with Gasteiger partial charge in [0.15, 0.2) is 0 Å². The number of anilines is 1. The predicted molar refractivity (Wildman–Crippen MR) is 78.6 cm³/mol. The zero-order valence-corrected chi connectivity index (χ0v) is 11.7. The highest BCUT2D eigenvalue weighted by Crippen LogP contribution is 2.20. The number of benzene rings is 1. The second kappa shape index (κ2) is 8.02. The molecule has 2 rings (SSSR count). The molecule has 19 heavy (non-hydrogen) atoms. The van der Waals surface area contributed by atoms with Crippen molar-refractivity contribution in [1.82, 2.24) is 5.32 Å². The van der Waals surface area contributed by atoms with E-state index >= 15 is 0 Å². The van der Waals surface area contributed by atoms with Crippen LogP contribution in [0.3, 0.4) is 0 Å². The van der Waals surface area contributed by atoms with E-state index in [1.165, 1.54) is 12.8 Å². The van der Waals surface area contributed by atoms with Crippen LogP contribution in [0.4, 0.5) is 5.69 Å². The minimum atomic E-state index is -0.136. The molecule has 0 bridgehead atoms. The molecule has 1 saturated carbocycles. The highest BCUT2D eigenvalue weighted by atomic mass is 35.5. The molecule has 1 amide bonds. The zero-order chi connectivity index (χ0) is 12.8. The minimum Gasteiger partial charge on any atom is -0.398 e. The third kappa shape index (κ3) is 4.73. The lowest BCUT2D eigenvalue weighted by Gasteiger charge is -2.12. The summed E-state index contributed by atoms with van der Waals surface area (Å²) in [5.41, 5.74) is 6.77. The molecule has 0 aliphatic heterocycles. The van der Waals surface area contributed by atoms with Crippen molar-refractivity contribution in [3.05, 3.63) is 29.8 Å². The number of hydrogen-bond donors (Lipinski definition) is 2. The summed E-state index contributed by atoms with van der Waals surface area (Å²) >= 11 is 0. The molecule has 1 aliphatic carbocycles. The smallest absolute Gasteiger partial charge is 0.253 e. The minimum absolute atomic E-state index is 0. The lowest BCUT2D eigenvalue weighted by atomic mass is 10.2. The van der Waals surface area contributed by atoms with E-state index in [0.717, 1.165) is 12.8 Å². The van der Waals surface area contributed by atoms with E-state index in [9.17, 15) is 4.79 Å². The first-order chi connectivity index (χ1) is 8.77. The molecule has 3 N–H and O–H groups in total. The molecule has 1 fully saturated rings. The van der Waals surface area contributed by atoms with Crippen LogP contribution in [0, 0.1) is 0 Å². The number of ether oxygens (including phenoxy) is 1. The molecule has 5 heteroatoms. The third-order valence-electron chi connectivity index (χ3n) is 3.25. The number of halogens is 1. The van der Waals surface area contributed by atoms with E-state index in [4.69, 9.17) is 10.5 Å². The Bertz CT molecular complexity index is 406. The first kappa shape index (κ1) is 15.8. The van der Waals surface area contributed by atoms with Crippen LogP contribution < -0.4 is 11.1 Å². The number of rotatable bonds is 5. The fourth-order valence-electron chi connectivity index (χ4n) is 2.24. The number of carbonyl (C=O) groups excluding carboxylic acids is 1. The quantitative estimate of drug-likeness (QED) is 0.644. The van der Waals surface area contributed by atoms with Gasteiger partial charge in [0.1, 0.15) is 0 Å². The number of carbonyl (C=O) groups is 1. The Kier molecular flexibility index (Phi) is 6.67. The lowest BCUT2D eigenvalue weighted by Crippen LogP contribution is -2.29. The van der Waals surface area contributed by atoms with Crippen molar-refractivity contribution in [2.24, 2.45) is 0 Å². The largest absolute Gasteiger partial charge is 0.398 e. The summed E-state index contributed by atoms with van der Waals surface area (Å²) in [6.45, 7) is 1.10. The molecule has 0 atom stereocenters. The van der Waals surface area contributed by atoms with Crippen molar-refractivity contribution in [3.8, 4) is 0 Å². The van der Waals surface area contributed by atoms with E-state index in [-0.39, 0.29) is 18.3 Å². The van der Waals surface area contributed by atoms with Gasteiger partial charge in [0.05, 0.1) is 18.3 Å². The van der Waals surface area contributed by atoms with E-state index in [0.29, 0.717) is 30.5 Å². The Balaban J connectivity index is 0.00000180. The maximum Gasteiger partial charge on any atom is 0.253 e. The second-order valence-corrected chi connectivity index (χ2v) is 4.62. The number of nitrogens with two attached hydrogens (primary N) is 1. The molecule has 0 radical (unpaired) electrons. The summed E-state index contributed by atoms with van der Waals surface area (Å²) in [4.78, 5) is 11.8. The van der Waals surface area contributed by atoms with Crippen molar-refractivity contribution in [3.63, 3.8) is 0 Å². The average Bonchev–Trinajstić information content (AvgIpc) is 2.88. The molecule has 0 spiro atoms. The summed E-state index contributed by atoms with van der Waals surface area (Å²) < 4.78 is 5.67. The SMILES string of the molecule is Cl.Nc1ccccc1C(=O)NCCOC1CCCC1. The molecule has 4 nitrogen and oxygen atoms in total. The van der Waals surface area contributed by atoms with Crippen LogP contribution in [0.2, 0.25) is 0 Å². The molecular weight excluding hydrogens is 264 g/mol. The summed E-state index contributed by atoms with van der Waals surface area (Å²) in [6.07, 6.45) is 5.22. The van der Waals surface area contributed by atoms with Crippen LogP contribution in [0.5, 0.6) is 0 Å². The van der Waals surface area contributed by atoms with Crippen LogP contribution in [0.1, 0.15) is 36.0 Å². The van der Waals surface area contributed by atoms with Crippen molar-refractivity contribution in [2.75, 3.05) is 18.9 Å². The Morgan fingerprint density at radius 3 is 2.68 bits per heavy atom. The fourth-order valence-corrected chi connectivity index (χ4v) is 2.24. The highest BCUT2D eigenvalue weighted by molar-refractivity contribution is 5.99. The van der Waals surface area contributed by atoms with Gasteiger partial charge in [0, 0.05) is 12.2 Å². The molecule has 1 aromatic carbocycles. The van der Waals surface area contributed by atoms with Crippen LogP contribution >= 0.6 is 12.4 Å². The van der Waals surface area contributed by atoms with Crippen molar-refractivity contribution in [2.45, 2.75) is 31.8 Å². The van der Waals surface area contributed by atoms with E-state index in [1.54, 1.807) is 18.2 Å². The lowest BCUT2D eigenvalue weighted by molar-refractivity contribution is 0.0582. The Labute approximate surface area is 120 Å². The van der Waals surface area contributed by atoms with E-state index in [2.05, 4.69) is 5.32 Å². The van der Waals surface area contributed by atoms with Crippen LogP contribution in [-0.2, 0) is 4.74 Å². The highest BCUT2D eigenvalue weighted by Gasteiger charge is 2.15. The molecule has 1 aromatic rings. The molecule has 0 heterocycles. The van der Waals surface area contributed by atoms with Crippen LogP contribution in [-0.4, -0.2) is 25.2 Å². The maximum atomic E-state index is 11.8.